The molecule has 0 saturated heterocycles. The zero-order chi connectivity index (χ0) is 14.2. The minimum atomic E-state index is -0.188. The predicted molar refractivity (Wildman–Crippen MR) is 82.6 cm³/mol. The Morgan fingerprint density at radius 1 is 1.30 bits per heavy atom. The highest BCUT2D eigenvalue weighted by Gasteiger charge is 2.05. The quantitative estimate of drug-likeness (QED) is 0.827. The summed E-state index contributed by atoms with van der Waals surface area (Å²) in [6, 6.07) is 9.69. The van der Waals surface area contributed by atoms with E-state index in [2.05, 4.69) is 22.4 Å². The third-order valence-corrected chi connectivity index (χ3v) is 3.57. The minimum absolute atomic E-state index is 0.188. The molecule has 2 aromatic rings. The molecule has 1 heterocycles. The van der Waals surface area contributed by atoms with Crippen molar-refractivity contribution < 1.29 is 4.79 Å². The molecule has 0 saturated carbocycles. The Hall–Kier alpha value is -2.01. The van der Waals surface area contributed by atoms with Crippen LogP contribution in [-0.4, -0.2) is 16.1 Å². The lowest BCUT2D eigenvalue weighted by atomic mass is 10.2. The fraction of sp³-hybridized carbons (Fsp3) is 0.267. The van der Waals surface area contributed by atoms with E-state index < -0.39 is 0 Å². The lowest BCUT2D eigenvalue weighted by Crippen LogP contribution is -2.07. The normalized spacial score (nSPS) is 10.8. The molecule has 1 aromatic heterocycles. The Morgan fingerprint density at radius 2 is 2.10 bits per heavy atom. The second kappa shape index (κ2) is 7.55. The van der Waals surface area contributed by atoms with Crippen molar-refractivity contribution in [3.05, 3.63) is 47.0 Å². The van der Waals surface area contributed by atoms with Crippen LogP contribution in [0.1, 0.15) is 30.3 Å². The molecule has 20 heavy (non-hydrogen) atoms. The molecule has 0 atom stereocenters. The summed E-state index contributed by atoms with van der Waals surface area (Å²) in [5.74, 6) is -0.188. The topological polar surface area (TPSA) is 54.9 Å². The van der Waals surface area contributed by atoms with Crippen LogP contribution in [0, 0.1) is 0 Å². The summed E-state index contributed by atoms with van der Waals surface area (Å²) in [6.07, 6.45) is 6.41. The Morgan fingerprint density at radius 3 is 2.85 bits per heavy atom. The van der Waals surface area contributed by atoms with Gasteiger partial charge >= 0.3 is 0 Å². The number of carbonyl (C=O) groups excluding carboxylic acids is 1. The van der Waals surface area contributed by atoms with Crippen molar-refractivity contribution in [1.29, 1.82) is 0 Å². The molecule has 0 bridgehead atoms. The van der Waals surface area contributed by atoms with Gasteiger partial charge in [-0.05, 0) is 18.1 Å². The molecule has 4 nitrogen and oxygen atoms in total. The van der Waals surface area contributed by atoms with E-state index in [0.717, 1.165) is 29.8 Å². The third-order valence-electron chi connectivity index (χ3n) is 2.67. The second-order valence-electron chi connectivity index (χ2n) is 4.34. The van der Waals surface area contributed by atoms with Crippen LogP contribution in [0.3, 0.4) is 0 Å². The average molecular weight is 287 g/mol. The van der Waals surface area contributed by atoms with E-state index in [1.54, 1.807) is 6.08 Å². The maximum absolute atomic E-state index is 11.8. The van der Waals surface area contributed by atoms with E-state index in [4.69, 9.17) is 0 Å². The van der Waals surface area contributed by atoms with Crippen molar-refractivity contribution in [2.24, 2.45) is 0 Å². The van der Waals surface area contributed by atoms with Gasteiger partial charge < -0.3 is 0 Å². The summed E-state index contributed by atoms with van der Waals surface area (Å²) in [7, 11) is 0. The number of benzene rings is 1. The number of carbonyl (C=O) groups is 1. The molecular weight excluding hydrogens is 270 g/mol. The first-order valence-corrected chi connectivity index (χ1v) is 7.46. The molecule has 0 aliphatic heterocycles. The van der Waals surface area contributed by atoms with Crippen molar-refractivity contribution in [2.75, 3.05) is 5.32 Å². The van der Waals surface area contributed by atoms with E-state index in [1.807, 2.05) is 30.3 Å². The van der Waals surface area contributed by atoms with Gasteiger partial charge in [0.25, 0.3) is 0 Å². The lowest BCUT2D eigenvalue weighted by molar-refractivity contribution is -0.111. The summed E-state index contributed by atoms with van der Waals surface area (Å²) >= 11 is 1.43. The molecule has 1 N–H and O–H groups in total. The van der Waals surface area contributed by atoms with E-state index in [1.165, 1.54) is 17.4 Å². The highest BCUT2D eigenvalue weighted by atomic mass is 32.1. The molecular formula is C15H17N3OS. The first-order valence-electron chi connectivity index (χ1n) is 6.64. The number of aryl methyl sites for hydroxylation is 1. The average Bonchev–Trinajstić information content (AvgIpc) is 2.91. The second-order valence-corrected chi connectivity index (χ2v) is 5.40. The van der Waals surface area contributed by atoms with E-state index in [-0.39, 0.29) is 5.91 Å². The molecule has 0 spiro atoms. The highest BCUT2D eigenvalue weighted by Crippen LogP contribution is 2.17. The Balaban J connectivity index is 1.88. The summed E-state index contributed by atoms with van der Waals surface area (Å²) in [4.78, 5) is 11.8. The molecule has 0 aliphatic rings. The number of nitrogens with one attached hydrogen (secondary N) is 1. The molecule has 1 aromatic carbocycles. The van der Waals surface area contributed by atoms with Gasteiger partial charge in [-0.25, -0.2) is 0 Å². The van der Waals surface area contributed by atoms with Crippen LogP contribution in [0.4, 0.5) is 5.13 Å². The van der Waals surface area contributed by atoms with Crippen molar-refractivity contribution in [3.8, 4) is 0 Å². The first kappa shape index (κ1) is 14.4. The van der Waals surface area contributed by atoms with Crippen LogP contribution >= 0.6 is 11.3 Å². The van der Waals surface area contributed by atoms with Crippen LogP contribution in [-0.2, 0) is 11.2 Å². The summed E-state index contributed by atoms with van der Waals surface area (Å²) in [5.41, 5.74) is 0.989. The smallest absolute Gasteiger partial charge is 0.250 e. The first-order chi connectivity index (χ1) is 9.78. The molecule has 0 unspecified atom stereocenters. The fourth-order valence-electron chi connectivity index (χ4n) is 1.62. The van der Waals surface area contributed by atoms with Gasteiger partial charge in [-0.15, -0.1) is 10.2 Å². The Bertz CT molecular complexity index is 578. The largest absolute Gasteiger partial charge is 0.297 e. The van der Waals surface area contributed by atoms with Crippen LogP contribution in [0.25, 0.3) is 6.08 Å². The van der Waals surface area contributed by atoms with E-state index in [9.17, 15) is 4.79 Å². The fourth-order valence-corrected chi connectivity index (χ4v) is 2.40. The van der Waals surface area contributed by atoms with Gasteiger partial charge in [0.2, 0.25) is 11.0 Å². The summed E-state index contributed by atoms with van der Waals surface area (Å²) in [6.45, 7) is 2.14. The number of unbranched alkanes of at least 4 members (excludes halogenated alkanes) is 1. The van der Waals surface area contributed by atoms with Gasteiger partial charge in [-0.2, -0.15) is 0 Å². The monoisotopic (exact) mass is 287 g/mol. The summed E-state index contributed by atoms with van der Waals surface area (Å²) < 4.78 is 0. The molecule has 0 aliphatic carbocycles. The van der Waals surface area contributed by atoms with Crippen molar-refractivity contribution >= 4 is 28.5 Å². The molecule has 1 amide bonds. The SMILES string of the molecule is CCCCc1nnc(NC(=O)/C=C/c2ccccc2)s1. The number of nitrogens with zero attached hydrogens (tertiary/aromatic N) is 2. The van der Waals surface area contributed by atoms with Gasteiger partial charge in [-0.3, -0.25) is 10.1 Å². The Labute approximate surface area is 122 Å². The van der Waals surface area contributed by atoms with Crippen LogP contribution in [0.15, 0.2) is 36.4 Å². The van der Waals surface area contributed by atoms with Crippen LogP contribution in [0.2, 0.25) is 0 Å². The molecule has 5 heteroatoms. The van der Waals surface area contributed by atoms with Gasteiger partial charge in [0.05, 0.1) is 0 Å². The number of aromatic nitrogens is 2. The number of hydrogen-bond donors (Lipinski definition) is 1. The number of hydrogen-bond acceptors (Lipinski definition) is 4. The zero-order valence-electron chi connectivity index (χ0n) is 11.4. The van der Waals surface area contributed by atoms with Crippen molar-refractivity contribution in [1.82, 2.24) is 10.2 Å². The predicted octanol–water partition coefficient (Wildman–Crippen LogP) is 3.53. The number of anilines is 1. The minimum Gasteiger partial charge on any atom is -0.297 e. The van der Waals surface area contributed by atoms with Gasteiger partial charge in [0.1, 0.15) is 5.01 Å². The standard InChI is InChI=1S/C15H17N3OS/c1-2-3-9-14-17-18-15(20-14)16-13(19)11-10-12-7-5-4-6-8-12/h4-8,10-11H,2-3,9H2,1H3,(H,16,18,19)/b11-10+. The lowest BCUT2D eigenvalue weighted by Gasteiger charge is -1.95. The van der Waals surface area contributed by atoms with Gasteiger partial charge in [-0.1, -0.05) is 55.0 Å². The summed E-state index contributed by atoms with van der Waals surface area (Å²) in [5, 5.41) is 12.3. The number of rotatable bonds is 6. The molecule has 2 rings (SSSR count). The van der Waals surface area contributed by atoms with Crippen LogP contribution < -0.4 is 5.32 Å². The third kappa shape index (κ3) is 4.59. The van der Waals surface area contributed by atoms with Crippen LogP contribution in [0.5, 0.6) is 0 Å². The maximum atomic E-state index is 11.8. The van der Waals surface area contributed by atoms with Gasteiger partial charge in [0.15, 0.2) is 0 Å². The molecule has 0 fully saturated rings. The highest BCUT2D eigenvalue weighted by molar-refractivity contribution is 7.15. The zero-order valence-corrected chi connectivity index (χ0v) is 12.2. The van der Waals surface area contributed by atoms with E-state index in [0.29, 0.717) is 5.13 Å². The number of amides is 1. The Kier molecular flexibility index (Phi) is 5.43. The van der Waals surface area contributed by atoms with Crippen molar-refractivity contribution in [3.63, 3.8) is 0 Å². The maximum Gasteiger partial charge on any atom is 0.250 e. The van der Waals surface area contributed by atoms with Gasteiger partial charge in [0, 0.05) is 12.5 Å². The molecule has 0 radical (unpaired) electrons. The van der Waals surface area contributed by atoms with Crippen molar-refractivity contribution in [2.45, 2.75) is 26.2 Å². The van der Waals surface area contributed by atoms with E-state index >= 15 is 0 Å². The molecule has 104 valence electrons.